The summed E-state index contributed by atoms with van der Waals surface area (Å²) in [7, 11) is 0. The second-order valence-corrected chi connectivity index (χ2v) is 3.57. The summed E-state index contributed by atoms with van der Waals surface area (Å²) in [5.74, 6) is 0. The number of hydrogen-bond acceptors (Lipinski definition) is 2. The van der Waals surface area contributed by atoms with Crippen LogP contribution in [0.5, 0.6) is 0 Å². The Bertz CT molecular complexity index is 347. The minimum Gasteiger partial charge on any atom is -0.264 e. The van der Waals surface area contributed by atoms with Crippen molar-refractivity contribution in [2.45, 2.75) is 13.3 Å². The van der Waals surface area contributed by atoms with Crippen LogP contribution in [-0.4, -0.2) is 11.7 Å². The van der Waals surface area contributed by atoms with Gasteiger partial charge in [0.2, 0.25) is 0 Å². The van der Waals surface area contributed by atoms with Crippen molar-refractivity contribution in [2.75, 3.05) is 11.6 Å². The monoisotopic (exact) mass is 194 g/mol. The summed E-state index contributed by atoms with van der Waals surface area (Å²) in [5.41, 5.74) is 2.38. The standard InChI is InChI=1S/C10H11ClN2/c1-8-4-2-3-5-9(8)13-7-6-10(11)12-13/h2-5H,6-7H2,1H3. The molecule has 0 atom stereocenters. The number of nitrogens with zero attached hydrogens (tertiary/aromatic N) is 2. The number of para-hydroxylation sites is 1. The first-order chi connectivity index (χ1) is 6.27. The van der Waals surface area contributed by atoms with Crippen LogP contribution in [0.2, 0.25) is 0 Å². The highest BCUT2D eigenvalue weighted by atomic mass is 35.5. The Kier molecular flexibility index (Phi) is 2.23. The zero-order valence-corrected chi connectivity index (χ0v) is 8.25. The molecule has 68 valence electrons. The number of hydrogen-bond donors (Lipinski definition) is 0. The zero-order valence-electron chi connectivity index (χ0n) is 7.50. The predicted molar refractivity (Wildman–Crippen MR) is 56.4 cm³/mol. The molecule has 0 N–H and O–H groups in total. The Morgan fingerprint density at radius 1 is 1.38 bits per heavy atom. The number of rotatable bonds is 1. The van der Waals surface area contributed by atoms with Crippen LogP contribution >= 0.6 is 11.6 Å². The number of anilines is 1. The molecular weight excluding hydrogens is 184 g/mol. The van der Waals surface area contributed by atoms with Crippen LogP contribution in [0.25, 0.3) is 0 Å². The lowest BCUT2D eigenvalue weighted by molar-refractivity contribution is 0.916. The molecule has 0 fully saturated rings. The van der Waals surface area contributed by atoms with Crippen molar-refractivity contribution in [1.29, 1.82) is 0 Å². The minimum atomic E-state index is 0.697. The fraction of sp³-hybridized carbons (Fsp3) is 0.300. The molecule has 0 radical (unpaired) electrons. The van der Waals surface area contributed by atoms with Crippen molar-refractivity contribution in [3.05, 3.63) is 29.8 Å². The molecule has 0 saturated carbocycles. The fourth-order valence-electron chi connectivity index (χ4n) is 1.46. The van der Waals surface area contributed by atoms with Crippen LogP contribution in [0.3, 0.4) is 0 Å². The SMILES string of the molecule is Cc1ccccc1N1CCC(Cl)=N1. The molecule has 1 heterocycles. The molecule has 0 unspecified atom stereocenters. The maximum Gasteiger partial charge on any atom is 0.128 e. The van der Waals surface area contributed by atoms with Gasteiger partial charge in [-0.15, -0.1) is 0 Å². The van der Waals surface area contributed by atoms with Crippen LogP contribution in [-0.2, 0) is 0 Å². The molecule has 0 aromatic heterocycles. The number of halogens is 1. The van der Waals surface area contributed by atoms with E-state index in [1.807, 2.05) is 17.1 Å². The summed E-state index contributed by atoms with van der Waals surface area (Å²) in [5, 5.41) is 6.89. The van der Waals surface area contributed by atoms with Crippen molar-refractivity contribution in [3.63, 3.8) is 0 Å². The lowest BCUT2D eigenvalue weighted by Crippen LogP contribution is -2.12. The number of benzene rings is 1. The molecule has 0 saturated heterocycles. The van der Waals surface area contributed by atoms with Crippen LogP contribution in [0.15, 0.2) is 29.4 Å². The Morgan fingerprint density at radius 3 is 2.77 bits per heavy atom. The number of aryl methyl sites for hydroxylation is 1. The van der Waals surface area contributed by atoms with Gasteiger partial charge >= 0.3 is 0 Å². The van der Waals surface area contributed by atoms with E-state index in [0.29, 0.717) is 5.17 Å². The average molecular weight is 195 g/mol. The van der Waals surface area contributed by atoms with Crippen LogP contribution in [0.1, 0.15) is 12.0 Å². The molecule has 13 heavy (non-hydrogen) atoms. The Hall–Kier alpha value is -1.02. The molecule has 0 aliphatic carbocycles. The predicted octanol–water partition coefficient (Wildman–Crippen LogP) is 2.76. The first-order valence-corrected chi connectivity index (χ1v) is 4.71. The first-order valence-electron chi connectivity index (χ1n) is 4.33. The molecule has 2 nitrogen and oxygen atoms in total. The van der Waals surface area contributed by atoms with E-state index in [9.17, 15) is 0 Å². The molecule has 2 rings (SSSR count). The Morgan fingerprint density at radius 2 is 2.15 bits per heavy atom. The third-order valence-corrected chi connectivity index (χ3v) is 2.42. The Labute approximate surface area is 82.8 Å². The van der Waals surface area contributed by atoms with Gasteiger partial charge in [0.25, 0.3) is 0 Å². The lowest BCUT2D eigenvalue weighted by Gasteiger charge is -2.15. The smallest absolute Gasteiger partial charge is 0.128 e. The van der Waals surface area contributed by atoms with E-state index in [1.54, 1.807) is 0 Å². The molecule has 1 aliphatic rings. The van der Waals surface area contributed by atoms with Gasteiger partial charge in [-0.1, -0.05) is 29.8 Å². The van der Waals surface area contributed by atoms with E-state index in [0.717, 1.165) is 18.7 Å². The topological polar surface area (TPSA) is 15.6 Å². The van der Waals surface area contributed by atoms with Crippen molar-refractivity contribution in [3.8, 4) is 0 Å². The molecule has 1 aromatic rings. The van der Waals surface area contributed by atoms with Crippen LogP contribution in [0.4, 0.5) is 5.69 Å². The molecule has 0 spiro atoms. The quantitative estimate of drug-likeness (QED) is 0.671. The van der Waals surface area contributed by atoms with Gasteiger partial charge in [0, 0.05) is 13.0 Å². The normalized spacial score (nSPS) is 16.2. The minimum absolute atomic E-state index is 0.697. The maximum absolute atomic E-state index is 5.82. The number of hydrazone groups is 1. The van der Waals surface area contributed by atoms with Crippen LogP contribution in [0, 0.1) is 6.92 Å². The first kappa shape index (κ1) is 8.57. The summed E-state index contributed by atoms with van der Waals surface area (Å²) < 4.78 is 0. The zero-order chi connectivity index (χ0) is 9.26. The van der Waals surface area contributed by atoms with Gasteiger partial charge in [-0.05, 0) is 18.6 Å². The van der Waals surface area contributed by atoms with E-state index < -0.39 is 0 Å². The highest BCUT2D eigenvalue weighted by Gasteiger charge is 2.14. The summed E-state index contributed by atoms with van der Waals surface area (Å²) >= 11 is 5.82. The van der Waals surface area contributed by atoms with E-state index in [2.05, 4.69) is 24.2 Å². The van der Waals surface area contributed by atoms with Gasteiger partial charge in [-0.3, -0.25) is 5.01 Å². The van der Waals surface area contributed by atoms with Crippen LogP contribution < -0.4 is 5.01 Å². The Balaban J connectivity index is 2.31. The van der Waals surface area contributed by atoms with E-state index >= 15 is 0 Å². The van der Waals surface area contributed by atoms with E-state index in [4.69, 9.17) is 11.6 Å². The van der Waals surface area contributed by atoms with Crippen molar-refractivity contribution in [2.24, 2.45) is 5.10 Å². The van der Waals surface area contributed by atoms with Gasteiger partial charge in [-0.2, -0.15) is 5.10 Å². The van der Waals surface area contributed by atoms with Crippen molar-refractivity contribution < 1.29 is 0 Å². The summed E-state index contributed by atoms with van der Waals surface area (Å²) in [4.78, 5) is 0. The third kappa shape index (κ3) is 1.68. The highest BCUT2D eigenvalue weighted by molar-refractivity contribution is 6.65. The molecule has 3 heteroatoms. The lowest BCUT2D eigenvalue weighted by atomic mass is 10.2. The third-order valence-electron chi connectivity index (χ3n) is 2.15. The molecule has 0 bridgehead atoms. The van der Waals surface area contributed by atoms with Gasteiger partial charge in [0.1, 0.15) is 5.17 Å². The van der Waals surface area contributed by atoms with Gasteiger partial charge in [-0.25, -0.2) is 0 Å². The van der Waals surface area contributed by atoms with E-state index in [-0.39, 0.29) is 0 Å². The van der Waals surface area contributed by atoms with Crippen molar-refractivity contribution >= 4 is 22.5 Å². The highest BCUT2D eigenvalue weighted by Crippen LogP contribution is 2.23. The summed E-state index contributed by atoms with van der Waals surface area (Å²) in [6, 6.07) is 8.19. The van der Waals surface area contributed by atoms with Gasteiger partial charge in [0.15, 0.2) is 0 Å². The molecular formula is C10H11ClN2. The molecule has 1 aromatic carbocycles. The van der Waals surface area contributed by atoms with Crippen molar-refractivity contribution in [1.82, 2.24) is 0 Å². The molecule has 1 aliphatic heterocycles. The second-order valence-electron chi connectivity index (χ2n) is 3.14. The van der Waals surface area contributed by atoms with E-state index in [1.165, 1.54) is 5.56 Å². The largest absolute Gasteiger partial charge is 0.264 e. The second kappa shape index (κ2) is 3.38. The fourth-order valence-corrected chi connectivity index (χ4v) is 1.63. The maximum atomic E-state index is 5.82. The average Bonchev–Trinajstić information content (AvgIpc) is 2.53. The summed E-state index contributed by atoms with van der Waals surface area (Å²) in [6.45, 7) is 2.97. The summed E-state index contributed by atoms with van der Waals surface area (Å²) in [6.07, 6.45) is 0.857. The van der Waals surface area contributed by atoms with Gasteiger partial charge < -0.3 is 0 Å². The molecule has 0 amide bonds. The van der Waals surface area contributed by atoms with Gasteiger partial charge in [0.05, 0.1) is 5.69 Å².